The van der Waals surface area contributed by atoms with E-state index in [1.165, 1.54) is 32.4 Å². The Morgan fingerprint density at radius 3 is 2.80 bits per heavy atom. The van der Waals surface area contributed by atoms with Crippen LogP contribution in [0.5, 0.6) is 0 Å². The van der Waals surface area contributed by atoms with E-state index in [2.05, 4.69) is 28.0 Å². The summed E-state index contributed by atoms with van der Waals surface area (Å²) in [4.78, 5) is 5.14. The van der Waals surface area contributed by atoms with Crippen molar-refractivity contribution in [3.05, 3.63) is 35.9 Å². The number of hydrogen-bond donors (Lipinski definition) is 0. The molecule has 0 amide bonds. The lowest BCUT2D eigenvalue weighted by Crippen LogP contribution is -2.55. The number of hydrogen-bond acceptors (Lipinski definition) is 3. The molecule has 3 rings (SSSR count). The molecule has 0 aromatic heterocycles. The van der Waals surface area contributed by atoms with Crippen molar-refractivity contribution in [3.8, 4) is 6.07 Å². The van der Waals surface area contributed by atoms with Gasteiger partial charge in [0.2, 0.25) is 0 Å². The minimum absolute atomic E-state index is 0.00587. The molecule has 2 unspecified atom stereocenters. The van der Waals surface area contributed by atoms with E-state index in [-0.39, 0.29) is 5.92 Å². The predicted octanol–water partition coefficient (Wildman–Crippen LogP) is 2.46. The van der Waals surface area contributed by atoms with E-state index in [4.69, 9.17) is 0 Å². The number of nitrogens with zero attached hydrogens (tertiary/aromatic N) is 3. The first kappa shape index (κ1) is 13.6. The highest BCUT2D eigenvalue weighted by molar-refractivity contribution is 5.25. The number of rotatable bonds is 3. The topological polar surface area (TPSA) is 30.3 Å². The number of nitriles is 1. The Bertz CT molecular complexity index is 465. The van der Waals surface area contributed by atoms with Crippen LogP contribution in [-0.2, 0) is 0 Å². The molecule has 2 aliphatic heterocycles. The monoisotopic (exact) mass is 269 g/mol. The number of piperidine rings is 1. The van der Waals surface area contributed by atoms with Gasteiger partial charge in [0, 0.05) is 32.2 Å². The Kier molecular flexibility index (Phi) is 4.34. The van der Waals surface area contributed by atoms with Crippen molar-refractivity contribution in [3.63, 3.8) is 0 Å². The highest BCUT2D eigenvalue weighted by Gasteiger charge is 2.29. The summed E-state index contributed by atoms with van der Waals surface area (Å²) in [6.45, 7) is 5.59. The van der Waals surface area contributed by atoms with Gasteiger partial charge in [0.05, 0.1) is 12.0 Å². The number of fused-ring (bicyclic) bond motifs is 1. The summed E-state index contributed by atoms with van der Waals surface area (Å²) in [5, 5.41) is 9.46. The van der Waals surface area contributed by atoms with Crippen LogP contribution in [0.2, 0.25) is 0 Å². The van der Waals surface area contributed by atoms with Crippen molar-refractivity contribution < 1.29 is 0 Å². The number of piperazine rings is 1. The molecule has 0 N–H and O–H groups in total. The van der Waals surface area contributed by atoms with Crippen molar-refractivity contribution in [1.82, 2.24) is 9.80 Å². The van der Waals surface area contributed by atoms with Crippen LogP contribution in [0.1, 0.15) is 30.7 Å². The molecule has 0 radical (unpaired) electrons. The zero-order chi connectivity index (χ0) is 13.8. The maximum absolute atomic E-state index is 9.46. The Hall–Kier alpha value is -1.37. The predicted molar refractivity (Wildman–Crippen MR) is 80.4 cm³/mol. The van der Waals surface area contributed by atoms with Gasteiger partial charge in [-0.3, -0.25) is 9.80 Å². The molecule has 1 aromatic carbocycles. The van der Waals surface area contributed by atoms with Crippen LogP contribution in [0.25, 0.3) is 0 Å². The molecule has 106 valence electrons. The first-order chi connectivity index (χ1) is 9.86. The van der Waals surface area contributed by atoms with Gasteiger partial charge in [-0.05, 0) is 24.9 Å². The molecule has 3 heteroatoms. The quantitative estimate of drug-likeness (QED) is 0.844. The van der Waals surface area contributed by atoms with E-state index in [0.717, 1.165) is 31.2 Å². The molecule has 2 aliphatic rings. The summed E-state index contributed by atoms with van der Waals surface area (Å²) in [5.74, 6) is 0.00587. The third kappa shape index (κ3) is 3.03. The Balaban J connectivity index is 1.61. The minimum Gasteiger partial charge on any atom is -0.299 e. The zero-order valence-corrected chi connectivity index (χ0v) is 12.0. The van der Waals surface area contributed by atoms with Gasteiger partial charge in [0.25, 0.3) is 0 Å². The summed E-state index contributed by atoms with van der Waals surface area (Å²) in [5.41, 5.74) is 1.15. The average Bonchev–Trinajstić information content (AvgIpc) is 2.53. The van der Waals surface area contributed by atoms with Crippen LogP contribution in [0.15, 0.2) is 30.3 Å². The minimum atomic E-state index is 0.00587. The van der Waals surface area contributed by atoms with E-state index in [1.54, 1.807) is 0 Å². The normalized spacial score (nSPS) is 25.6. The highest BCUT2D eigenvalue weighted by Crippen LogP contribution is 2.23. The van der Waals surface area contributed by atoms with Crippen LogP contribution in [0, 0.1) is 11.3 Å². The second-order valence-corrected chi connectivity index (χ2v) is 6.04. The molecule has 20 heavy (non-hydrogen) atoms. The van der Waals surface area contributed by atoms with Crippen LogP contribution in [0.4, 0.5) is 0 Å². The Morgan fingerprint density at radius 2 is 2.00 bits per heavy atom. The fraction of sp³-hybridized carbons (Fsp3) is 0.588. The van der Waals surface area contributed by atoms with Crippen LogP contribution in [-0.4, -0.2) is 48.6 Å². The second kappa shape index (κ2) is 6.39. The van der Waals surface area contributed by atoms with E-state index in [9.17, 15) is 5.26 Å². The fourth-order valence-corrected chi connectivity index (χ4v) is 3.55. The third-order valence-corrected chi connectivity index (χ3v) is 4.72. The molecule has 1 aromatic rings. The van der Waals surface area contributed by atoms with Gasteiger partial charge >= 0.3 is 0 Å². The van der Waals surface area contributed by atoms with Gasteiger partial charge in [0.15, 0.2) is 0 Å². The van der Waals surface area contributed by atoms with Crippen molar-refractivity contribution in [2.24, 2.45) is 0 Å². The molecule has 0 spiro atoms. The smallest absolute Gasteiger partial charge is 0.0839 e. The lowest BCUT2D eigenvalue weighted by atomic mass is 9.96. The first-order valence-electron chi connectivity index (χ1n) is 7.78. The maximum Gasteiger partial charge on any atom is 0.0839 e. The average molecular weight is 269 g/mol. The lowest BCUT2D eigenvalue weighted by molar-refractivity contribution is 0.0485. The molecular formula is C17H23N3. The highest BCUT2D eigenvalue weighted by atomic mass is 15.3. The van der Waals surface area contributed by atoms with E-state index < -0.39 is 0 Å². The SMILES string of the molecule is N#CC(CN1CCN2CCCCC2C1)c1ccccc1. The van der Waals surface area contributed by atoms with Crippen LogP contribution in [0.3, 0.4) is 0 Å². The molecule has 2 saturated heterocycles. The summed E-state index contributed by atoms with van der Waals surface area (Å²) in [7, 11) is 0. The van der Waals surface area contributed by atoms with E-state index >= 15 is 0 Å². The Morgan fingerprint density at radius 1 is 1.15 bits per heavy atom. The molecular weight excluding hydrogens is 246 g/mol. The maximum atomic E-state index is 9.46. The van der Waals surface area contributed by atoms with Crippen LogP contribution >= 0.6 is 0 Å². The number of benzene rings is 1. The molecule has 2 heterocycles. The lowest BCUT2D eigenvalue weighted by Gasteiger charge is -2.44. The summed E-state index contributed by atoms with van der Waals surface area (Å²) < 4.78 is 0. The molecule has 2 atom stereocenters. The van der Waals surface area contributed by atoms with Gasteiger partial charge in [0.1, 0.15) is 0 Å². The first-order valence-corrected chi connectivity index (χ1v) is 7.78. The molecule has 0 bridgehead atoms. The standard InChI is InChI=1S/C17H23N3/c18-12-16(15-6-2-1-3-7-15)13-19-10-11-20-9-5-4-8-17(20)14-19/h1-3,6-7,16-17H,4-5,8-11,13-14H2. The summed E-state index contributed by atoms with van der Waals surface area (Å²) in [6, 6.07) is 13.4. The third-order valence-electron chi connectivity index (χ3n) is 4.72. The van der Waals surface area contributed by atoms with Gasteiger partial charge in [-0.25, -0.2) is 0 Å². The van der Waals surface area contributed by atoms with Gasteiger partial charge < -0.3 is 0 Å². The zero-order valence-electron chi connectivity index (χ0n) is 12.0. The molecule has 0 saturated carbocycles. The van der Waals surface area contributed by atoms with Gasteiger partial charge in [-0.15, -0.1) is 0 Å². The summed E-state index contributed by atoms with van der Waals surface area (Å²) >= 11 is 0. The van der Waals surface area contributed by atoms with Gasteiger partial charge in [-0.1, -0.05) is 36.8 Å². The van der Waals surface area contributed by atoms with Crippen molar-refractivity contribution >= 4 is 0 Å². The van der Waals surface area contributed by atoms with Crippen molar-refractivity contribution in [1.29, 1.82) is 5.26 Å². The molecule has 0 aliphatic carbocycles. The van der Waals surface area contributed by atoms with E-state index in [1.807, 2.05) is 18.2 Å². The largest absolute Gasteiger partial charge is 0.299 e. The van der Waals surface area contributed by atoms with Crippen LogP contribution < -0.4 is 0 Å². The Labute approximate surface area is 121 Å². The molecule has 3 nitrogen and oxygen atoms in total. The van der Waals surface area contributed by atoms with Crippen molar-refractivity contribution in [2.75, 3.05) is 32.7 Å². The van der Waals surface area contributed by atoms with Crippen molar-refractivity contribution in [2.45, 2.75) is 31.2 Å². The summed E-state index contributed by atoms with van der Waals surface area (Å²) in [6.07, 6.45) is 4.07. The molecule has 2 fully saturated rings. The van der Waals surface area contributed by atoms with E-state index in [0.29, 0.717) is 0 Å². The second-order valence-electron chi connectivity index (χ2n) is 6.04. The fourth-order valence-electron chi connectivity index (χ4n) is 3.55. The van der Waals surface area contributed by atoms with Gasteiger partial charge in [-0.2, -0.15) is 5.26 Å².